The number of hydrogen-bond acceptors (Lipinski definition) is 4. The summed E-state index contributed by atoms with van der Waals surface area (Å²) in [5.41, 5.74) is 0.509. The highest BCUT2D eigenvalue weighted by atomic mass is 19.1. The first kappa shape index (κ1) is 13.6. The minimum absolute atomic E-state index is 0.250. The molecule has 3 rings (SSSR count). The lowest BCUT2D eigenvalue weighted by atomic mass is 10.2. The summed E-state index contributed by atoms with van der Waals surface area (Å²) in [7, 11) is 0. The zero-order valence-electron chi connectivity index (χ0n) is 11.7. The molecular weight excluding hydrogens is 269 g/mol. The SMILES string of the molecule is N#Cc1nn(-c2ccccc2F)nc1N1CCCCCC1. The van der Waals surface area contributed by atoms with Crippen molar-refractivity contribution in [3.8, 4) is 11.8 Å². The molecule has 6 heteroatoms. The molecule has 108 valence electrons. The molecule has 1 aromatic heterocycles. The van der Waals surface area contributed by atoms with Gasteiger partial charge in [-0.25, -0.2) is 4.39 Å². The Bertz CT molecular complexity index is 665. The second kappa shape index (κ2) is 5.92. The third kappa shape index (κ3) is 2.72. The molecule has 0 radical (unpaired) electrons. The fourth-order valence-corrected chi connectivity index (χ4v) is 2.59. The summed E-state index contributed by atoms with van der Waals surface area (Å²) in [6.45, 7) is 1.73. The van der Waals surface area contributed by atoms with E-state index in [4.69, 9.17) is 0 Å². The molecule has 2 heterocycles. The molecule has 0 unspecified atom stereocenters. The average molecular weight is 285 g/mol. The molecule has 1 saturated heterocycles. The van der Waals surface area contributed by atoms with Gasteiger partial charge >= 0.3 is 0 Å². The van der Waals surface area contributed by atoms with Gasteiger partial charge in [0.1, 0.15) is 11.8 Å². The number of rotatable bonds is 2. The van der Waals surface area contributed by atoms with Crippen LogP contribution < -0.4 is 4.90 Å². The van der Waals surface area contributed by atoms with Crippen LogP contribution in [0.4, 0.5) is 10.2 Å². The summed E-state index contributed by atoms with van der Waals surface area (Å²) in [5.74, 6) is 0.155. The molecule has 1 fully saturated rings. The van der Waals surface area contributed by atoms with E-state index in [9.17, 15) is 9.65 Å². The van der Waals surface area contributed by atoms with Crippen molar-refractivity contribution in [1.29, 1.82) is 5.26 Å². The van der Waals surface area contributed by atoms with Gasteiger partial charge in [0.2, 0.25) is 5.69 Å². The number of para-hydroxylation sites is 1. The molecule has 0 aliphatic carbocycles. The fourth-order valence-electron chi connectivity index (χ4n) is 2.59. The molecule has 5 nitrogen and oxygen atoms in total. The van der Waals surface area contributed by atoms with E-state index >= 15 is 0 Å². The molecule has 21 heavy (non-hydrogen) atoms. The van der Waals surface area contributed by atoms with Gasteiger partial charge in [0.25, 0.3) is 0 Å². The Hall–Kier alpha value is -2.42. The summed E-state index contributed by atoms with van der Waals surface area (Å²) in [6, 6.07) is 8.36. The Morgan fingerprint density at radius 3 is 2.43 bits per heavy atom. The molecule has 0 N–H and O–H groups in total. The molecule has 1 aliphatic heterocycles. The lowest BCUT2D eigenvalue weighted by Crippen LogP contribution is -2.25. The van der Waals surface area contributed by atoms with Crippen LogP contribution in [0, 0.1) is 17.1 Å². The molecule has 1 aromatic carbocycles. The number of halogens is 1. The van der Waals surface area contributed by atoms with Crippen molar-refractivity contribution in [1.82, 2.24) is 15.0 Å². The van der Waals surface area contributed by atoms with Crippen molar-refractivity contribution in [3.05, 3.63) is 35.8 Å². The summed E-state index contributed by atoms with van der Waals surface area (Å²) in [6.07, 6.45) is 4.55. The van der Waals surface area contributed by atoms with Gasteiger partial charge in [0, 0.05) is 13.1 Å². The van der Waals surface area contributed by atoms with Crippen LogP contribution >= 0.6 is 0 Å². The van der Waals surface area contributed by atoms with Crippen LogP contribution in [0.15, 0.2) is 24.3 Å². The maximum atomic E-state index is 13.8. The number of nitriles is 1. The largest absolute Gasteiger partial charge is 0.353 e. The van der Waals surface area contributed by atoms with Crippen LogP contribution in [0.1, 0.15) is 31.4 Å². The highest BCUT2D eigenvalue weighted by Gasteiger charge is 2.20. The second-order valence-corrected chi connectivity index (χ2v) is 5.13. The van der Waals surface area contributed by atoms with Gasteiger partial charge in [-0.1, -0.05) is 25.0 Å². The van der Waals surface area contributed by atoms with Crippen molar-refractivity contribution in [3.63, 3.8) is 0 Å². The van der Waals surface area contributed by atoms with Crippen LogP contribution in [0.2, 0.25) is 0 Å². The Kier molecular flexibility index (Phi) is 3.82. The zero-order chi connectivity index (χ0) is 14.7. The molecule has 0 atom stereocenters. The topological polar surface area (TPSA) is 57.7 Å². The van der Waals surface area contributed by atoms with Crippen molar-refractivity contribution in [2.75, 3.05) is 18.0 Å². The van der Waals surface area contributed by atoms with E-state index in [0.29, 0.717) is 5.82 Å². The van der Waals surface area contributed by atoms with E-state index in [1.807, 2.05) is 0 Å². The van der Waals surface area contributed by atoms with Gasteiger partial charge in [0.05, 0.1) is 0 Å². The number of aromatic nitrogens is 3. The van der Waals surface area contributed by atoms with Crippen molar-refractivity contribution < 1.29 is 4.39 Å². The lowest BCUT2D eigenvalue weighted by molar-refractivity contribution is 0.595. The molecular formula is C15H16FN5. The Morgan fingerprint density at radius 2 is 1.76 bits per heavy atom. The van der Waals surface area contributed by atoms with Crippen LogP contribution in [0.5, 0.6) is 0 Å². The molecule has 0 saturated carbocycles. The van der Waals surface area contributed by atoms with Gasteiger partial charge in [-0.3, -0.25) is 0 Å². The van der Waals surface area contributed by atoms with Crippen LogP contribution in [0.25, 0.3) is 5.69 Å². The summed E-state index contributed by atoms with van der Waals surface area (Å²) in [5, 5.41) is 17.7. The average Bonchev–Trinajstić information content (AvgIpc) is 2.74. The predicted molar refractivity (Wildman–Crippen MR) is 76.7 cm³/mol. The van der Waals surface area contributed by atoms with Gasteiger partial charge in [0.15, 0.2) is 11.6 Å². The monoisotopic (exact) mass is 285 g/mol. The second-order valence-electron chi connectivity index (χ2n) is 5.13. The molecule has 0 spiro atoms. The van der Waals surface area contributed by atoms with Crippen molar-refractivity contribution >= 4 is 5.82 Å². The van der Waals surface area contributed by atoms with Crippen molar-refractivity contribution in [2.45, 2.75) is 25.7 Å². The van der Waals surface area contributed by atoms with Gasteiger partial charge in [-0.2, -0.15) is 5.26 Å². The third-order valence-corrected chi connectivity index (χ3v) is 3.68. The fraction of sp³-hybridized carbons (Fsp3) is 0.400. The van der Waals surface area contributed by atoms with E-state index in [1.54, 1.807) is 18.2 Å². The van der Waals surface area contributed by atoms with Crippen LogP contribution in [-0.2, 0) is 0 Å². The Balaban J connectivity index is 1.99. The van der Waals surface area contributed by atoms with E-state index in [-0.39, 0.29) is 11.4 Å². The summed E-state index contributed by atoms with van der Waals surface area (Å²) < 4.78 is 13.8. The third-order valence-electron chi connectivity index (χ3n) is 3.68. The van der Waals surface area contributed by atoms with E-state index in [2.05, 4.69) is 21.2 Å². The highest BCUT2D eigenvalue weighted by molar-refractivity contribution is 5.50. The lowest BCUT2D eigenvalue weighted by Gasteiger charge is -2.18. The van der Waals surface area contributed by atoms with Crippen LogP contribution in [-0.4, -0.2) is 28.1 Å². The van der Waals surface area contributed by atoms with Crippen LogP contribution in [0.3, 0.4) is 0 Å². The number of anilines is 1. The van der Waals surface area contributed by atoms with E-state index < -0.39 is 5.82 Å². The summed E-state index contributed by atoms with van der Waals surface area (Å²) in [4.78, 5) is 3.30. The van der Waals surface area contributed by atoms with E-state index in [0.717, 1.165) is 25.9 Å². The zero-order valence-corrected chi connectivity index (χ0v) is 11.7. The van der Waals surface area contributed by atoms with Gasteiger partial charge in [-0.05, 0) is 25.0 Å². The van der Waals surface area contributed by atoms with Crippen molar-refractivity contribution in [2.24, 2.45) is 0 Å². The first-order valence-corrected chi connectivity index (χ1v) is 7.17. The Labute approximate surface area is 122 Å². The summed E-state index contributed by atoms with van der Waals surface area (Å²) >= 11 is 0. The standard InChI is InChI=1S/C15H16FN5/c16-12-7-3-4-8-14(12)21-18-13(11-17)15(19-21)20-9-5-1-2-6-10-20/h3-4,7-8H,1-2,5-6,9-10H2. The molecule has 0 amide bonds. The molecule has 2 aromatic rings. The molecule has 0 bridgehead atoms. The van der Waals surface area contributed by atoms with Gasteiger partial charge in [-0.15, -0.1) is 15.0 Å². The number of nitrogens with zero attached hydrogens (tertiary/aromatic N) is 5. The quantitative estimate of drug-likeness (QED) is 0.851. The first-order valence-electron chi connectivity index (χ1n) is 7.17. The number of hydrogen-bond donors (Lipinski definition) is 0. The Morgan fingerprint density at radius 1 is 1.05 bits per heavy atom. The highest BCUT2D eigenvalue weighted by Crippen LogP contribution is 2.22. The predicted octanol–water partition coefficient (Wildman–Crippen LogP) is 2.66. The first-order chi connectivity index (χ1) is 10.3. The number of benzene rings is 1. The minimum Gasteiger partial charge on any atom is -0.353 e. The molecule has 1 aliphatic rings. The minimum atomic E-state index is -0.403. The maximum Gasteiger partial charge on any atom is 0.207 e. The smallest absolute Gasteiger partial charge is 0.207 e. The normalized spacial score (nSPS) is 15.5. The van der Waals surface area contributed by atoms with E-state index in [1.165, 1.54) is 23.7 Å². The maximum absolute atomic E-state index is 13.8. The van der Waals surface area contributed by atoms with Gasteiger partial charge < -0.3 is 4.90 Å².